The topological polar surface area (TPSA) is 111 Å². The summed E-state index contributed by atoms with van der Waals surface area (Å²) in [4.78, 5) is 40.0. The Balaban J connectivity index is 1.34. The van der Waals surface area contributed by atoms with Crippen molar-refractivity contribution in [3.8, 4) is 0 Å². The third-order valence-electron chi connectivity index (χ3n) is 8.44. The van der Waals surface area contributed by atoms with Gasteiger partial charge in [0.25, 0.3) is 17.7 Å². The molecule has 1 aliphatic rings. The fourth-order valence-electron chi connectivity index (χ4n) is 5.82. The molecule has 5 rings (SSSR count). The van der Waals surface area contributed by atoms with Crippen molar-refractivity contribution >= 4 is 28.8 Å². The molecule has 3 N–H and O–H groups in total. The predicted molar refractivity (Wildman–Crippen MR) is 184 cm³/mol. The van der Waals surface area contributed by atoms with Crippen LogP contribution in [-0.2, 0) is 18.9 Å². The molecule has 1 aliphatic heterocycles. The second-order valence-corrected chi connectivity index (χ2v) is 13.5. The molecular formula is C36H42F2N6O3S. The highest BCUT2D eigenvalue weighted by molar-refractivity contribution is 7.09. The Labute approximate surface area is 284 Å². The summed E-state index contributed by atoms with van der Waals surface area (Å²) in [5, 5.41) is 20.3. The molecule has 0 radical (unpaired) electrons. The highest BCUT2D eigenvalue weighted by Crippen LogP contribution is 2.35. The molecule has 3 heterocycles. The highest BCUT2D eigenvalue weighted by atomic mass is 32.1. The van der Waals surface area contributed by atoms with Gasteiger partial charge in [-0.2, -0.15) is 0 Å². The number of halogens is 2. The lowest BCUT2D eigenvalue weighted by Gasteiger charge is -2.26. The van der Waals surface area contributed by atoms with Crippen LogP contribution in [0, 0.1) is 6.92 Å². The molecule has 254 valence electrons. The van der Waals surface area contributed by atoms with Gasteiger partial charge in [0.15, 0.2) is 0 Å². The smallest absolute Gasteiger partial charge is 0.272 e. The molecule has 3 atom stereocenters. The largest absolute Gasteiger partial charge is 0.390 e. The van der Waals surface area contributed by atoms with Gasteiger partial charge in [0.1, 0.15) is 5.01 Å². The minimum absolute atomic E-state index is 0.0819. The molecule has 2 amide bonds. The molecule has 12 heteroatoms. The van der Waals surface area contributed by atoms with Crippen molar-refractivity contribution < 1.29 is 23.5 Å². The number of alkyl halides is 2. The third-order valence-corrected chi connectivity index (χ3v) is 9.51. The minimum Gasteiger partial charge on any atom is -0.390 e. The van der Waals surface area contributed by atoms with E-state index in [4.69, 9.17) is 0 Å². The van der Waals surface area contributed by atoms with E-state index < -0.39 is 24.0 Å². The summed E-state index contributed by atoms with van der Waals surface area (Å²) >= 11 is 1.56. The Morgan fingerprint density at radius 1 is 1.10 bits per heavy atom. The van der Waals surface area contributed by atoms with Gasteiger partial charge in [0, 0.05) is 86.5 Å². The Bertz CT molecular complexity index is 1710. The molecule has 2 aromatic carbocycles. The van der Waals surface area contributed by atoms with E-state index >= 15 is 0 Å². The summed E-state index contributed by atoms with van der Waals surface area (Å²) in [6, 6.07) is 15.2. The van der Waals surface area contributed by atoms with E-state index in [0.29, 0.717) is 35.3 Å². The van der Waals surface area contributed by atoms with Gasteiger partial charge in [-0.05, 0) is 61.6 Å². The zero-order valence-electron chi connectivity index (χ0n) is 27.6. The summed E-state index contributed by atoms with van der Waals surface area (Å²) in [7, 11) is 3.70. The van der Waals surface area contributed by atoms with Gasteiger partial charge < -0.3 is 25.5 Å². The maximum atomic E-state index is 13.9. The number of benzene rings is 2. The Hall–Kier alpha value is -4.26. The lowest BCUT2D eigenvalue weighted by Crippen LogP contribution is -2.48. The molecule has 0 bridgehead atoms. The number of aliphatic hydroxyl groups excluding tert-OH is 1. The Morgan fingerprint density at radius 2 is 1.85 bits per heavy atom. The second-order valence-electron chi connectivity index (χ2n) is 12.6. The first-order valence-electron chi connectivity index (χ1n) is 16.0. The number of amides is 2. The summed E-state index contributed by atoms with van der Waals surface area (Å²) in [5.41, 5.74) is 3.61. The quantitative estimate of drug-likeness (QED) is 0.172. The van der Waals surface area contributed by atoms with Crippen LogP contribution in [0.5, 0.6) is 0 Å². The number of thiazole rings is 1. The van der Waals surface area contributed by atoms with Crippen LogP contribution in [0.4, 0.5) is 14.5 Å². The number of likely N-dealkylation sites (tertiary alicyclic amines) is 1. The molecule has 4 aromatic rings. The molecule has 0 aliphatic carbocycles. The van der Waals surface area contributed by atoms with Crippen LogP contribution < -0.4 is 15.5 Å². The average Bonchev–Trinajstić information content (AvgIpc) is 3.73. The number of hydrogen-bond donors (Lipinski definition) is 3. The van der Waals surface area contributed by atoms with Crippen molar-refractivity contribution in [2.45, 2.75) is 63.8 Å². The summed E-state index contributed by atoms with van der Waals surface area (Å²) in [6.45, 7) is 3.65. The maximum Gasteiger partial charge on any atom is 0.272 e. The van der Waals surface area contributed by atoms with Gasteiger partial charge in [-0.1, -0.05) is 30.3 Å². The van der Waals surface area contributed by atoms with E-state index in [1.54, 1.807) is 29.5 Å². The number of nitrogens with zero attached hydrogens (tertiary/aromatic N) is 4. The number of carbonyl (C=O) groups is 2. The van der Waals surface area contributed by atoms with Crippen LogP contribution in [0.1, 0.15) is 73.9 Å². The molecule has 1 saturated heterocycles. The van der Waals surface area contributed by atoms with E-state index in [1.807, 2.05) is 66.5 Å². The fraction of sp³-hybridized carbons (Fsp3) is 0.389. The molecular weight excluding hydrogens is 634 g/mol. The standard InChI is InChI=1S/C36H42F2N6O3S/c1-23-22-48-34(41-23)31-11-8-12-44(31)35(47)27-15-26(16-29(17-27)43(3)4)33(46)42-30(14-24-9-6-5-7-10-24)32(45)21-40-19-25-13-28(20-39-18-25)36(2,37)38/h5-7,9-10,13,15-18,20,22,30-32,40,45H,8,11-12,14,19,21H2,1-4H3,(H,42,46)/t30-,31+,32-/m0/s1. The first-order chi connectivity index (χ1) is 22.9. The molecule has 0 spiro atoms. The highest BCUT2D eigenvalue weighted by Gasteiger charge is 2.33. The van der Waals surface area contributed by atoms with Crippen molar-refractivity contribution in [2.24, 2.45) is 0 Å². The number of carbonyl (C=O) groups excluding carboxylic acids is 2. The van der Waals surface area contributed by atoms with Crippen molar-refractivity contribution in [3.63, 3.8) is 0 Å². The van der Waals surface area contributed by atoms with Gasteiger partial charge in [0.05, 0.1) is 18.2 Å². The van der Waals surface area contributed by atoms with E-state index in [9.17, 15) is 23.5 Å². The van der Waals surface area contributed by atoms with Crippen LogP contribution in [0.2, 0.25) is 0 Å². The lowest BCUT2D eigenvalue weighted by molar-refractivity contribution is 0.0170. The van der Waals surface area contributed by atoms with E-state index in [-0.39, 0.29) is 30.6 Å². The van der Waals surface area contributed by atoms with Crippen LogP contribution in [0.15, 0.2) is 72.4 Å². The average molecular weight is 677 g/mol. The van der Waals surface area contributed by atoms with E-state index in [2.05, 4.69) is 20.6 Å². The zero-order valence-corrected chi connectivity index (χ0v) is 28.4. The normalized spacial score (nSPS) is 16.1. The second kappa shape index (κ2) is 15.3. The number of aromatic nitrogens is 2. The van der Waals surface area contributed by atoms with Gasteiger partial charge in [-0.15, -0.1) is 11.3 Å². The summed E-state index contributed by atoms with van der Waals surface area (Å²) in [6.07, 6.45) is 3.66. The number of hydrogen-bond acceptors (Lipinski definition) is 8. The van der Waals surface area contributed by atoms with Crippen molar-refractivity contribution in [1.82, 2.24) is 25.5 Å². The van der Waals surface area contributed by atoms with Gasteiger partial charge in [-0.25, -0.2) is 13.8 Å². The van der Waals surface area contributed by atoms with E-state index in [1.165, 1.54) is 12.3 Å². The minimum atomic E-state index is -3.02. The number of pyridine rings is 1. The zero-order chi connectivity index (χ0) is 34.4. The van der Waals surface area contributed by atoms with Gasteiger partial charge in [0.2, 0.25) is 0 Å². The van der Waals surface area contributed by atoms with Gasteiger partial charge >= 0.3 is 0 Å². The van der Waals surface area contributed by atoms with E-state index in [0.717, 1.165) is 42.2 Å². The number of aryl methyl sites for hydroxylation is 1. The fourth-order valence-corrected chi connectivity index (χ4v) is 6.76. The van der Waals surface area contributed by atoms with Crippen molar-refractivity contribution in [2.75, 3.05) is 32.1 Å². The SMILES string of the molecule is Cc1csc([C@H]2CCCN2C(=O)c2cc(C(=O)N[C@@H](Cc3ccccc3)[C@@H](O)CNCc3cncc(C(C)(F)F)c3)cc(N(C)C)c2)n1. The van der Waals surface area contributed by atoms with Crippen LogP contribution in [0.3, 0.4) is 0 Å². The van der Waals surface area contributed by atoms with Crippen LogP contribution >= 0.6 is 11.3 Å². The molecule has 2 aromatic heterocycles. The van der Waals surface area contributed by atoms with Gasteiger partial charge in [-0.3, -0.25) is 14.6 Å². The number of aliphatic hydroxyl groups is 1. The molecule has 1 fully saturated rings. The molecule has 0 unspecified atom stereocenters. The van der Waals surface area contributed by atoms with Crippen molar-refractivity contribution in [1.29, 1.82) is 0 Å². The lowest BCUT2D eigenvalue weighted by atomic mass is 9.99. The third kappa shape index (κ3) is 8.80. The van der Waals surface area contributed by atoms with Crippen molar-refractivity contribution in [3.05, 3.63) is 111 Å². The summed E-state index contributed by atoms with van der Waals surface area (Å²) < 4.78 is 27.6. The van der Waals surface area contributed by atoms with Crippen LogP contribution in [0.25, 0.3) is 0 Å². The monoisotopic (exact) mass is 676 g/mol. The Kier molecular flexibility index (Phi) is 11.2. The first kappa shape index (κ1) is 35.1. The Morgan fingerprint density at radius 3 is 2.54 bits per heavy atom. The number of anilines is 1. The molecule has 9 nitrogen and oxygen atoms in total. The molecule has 0 saturated carbocycles. The summed E-state index contributed by atoms with van der Waals surface area (Å²) in [5.74, 6) is -3.60. The maximum absolute atomic E-state index is 13.9. The van der Waals surface area contributed by atoms with Crippen LogP contribution in [-0.4, -0.2) is 71.1 Å². The molecule has 48 heavy (non-hydrogen) atoms. The first-order valence-corrected chi connectivity index (χ1v) is 16.9. The predicted octanol–water partition coefficient (Wildman–Crippen LogP) is 5.49. The number of rotatable bonds is 13. The number of nitrogens with one attached hydrogen (secondary N) is 2.